The van der Waals surface area contributed by atoms with Crippen molar-refractivity contribution in [3.05, 3.63) is 65.7 Å². The predicted molar refractivity (Wildman–Crippen MR) is 110 cm³/mol. The Balaban J connectivity index is 1.52. The predicted octanol–water partition coefficient (Wildman–Crippen LogP) is 3.72. The van der Waals surface area contributed by atoms with E-state index in [-0.39, 0.29) is 6.10 Å². The highest BCUT2D eigenvalue weighted by molar-refractivity contribution is 5.29. The lowest BCUT2D eigenvalue weighted by molar-refractivity contribution is 0.0750. The third-order valence-corrected chi connectivity index (χ3v) is 5.20. The molecular formula is C23H32N2O2. The van der Waals surface area contributed by atoms with Crippen molar-refractivity contribution in [1.29, 1.82) is 0 Å². The van der Waals surface area contributed by atoms with Gasteiger partial charge in [-0.15, -0.1) is 0 Å². The van der Waals surface area contributed by atoms with Crippen LogP contribution in [-0.4, -0.2) is 54.3 Å². The van der Waals surface area contributed by atoms with Crippen molar-refractivity contribution >= 4 is 0 Å². The summed E-state index contributed by atoms with van der Waals surface area (Å²) in [5, 5.41) is 10.6. The van der Waals surface area contributed by atoms with Crippen LogP contribution in [-0.2, 0) is 6.54 Å². The van der Waals surface area contributed by atoms with Gasteiger partial charge in [0.05, 0.1) is 12.7 Å². The fraction of sp³-hybridized carbons (Fsp3) is 0.478. The van der Waals surface area contributed by atoms with Crippen LogP contribution in [0.2, 0.25) is 0 Å². The monoisotopic (exact) mass is 368 g/mol. The molecule has 0 spiro atoms. The lowest BCUT2D eigenvalue weighted by atomic mass is 10.0. The zero-order chi connectivity index (χ0) is 19.1. The van der Waals surface area contributed by atoms with Gasteiger partial charge < -0.3 is 9.84 Å². The highest BCUT2D eigenvalue weighted by atomic mass is 16.5. The van der Waals surface area contributed by atoms with Gasteiger partial charge in [0.1, 0.15) is 5.75 Å². The van der Waals surface area contributed by atoms with Gasteiger partial charge in [-0.2, -0.15) is 0 Å². The SMILES string of the molecule is CCOc1ccc(C2CCCN2CC(O)CN(C)Cc2ccccc2)cc1. The minimum atomic E-state index is -0.345. The van der Waals surface area contributed by atoms with Crippen molar-refractivity contribution in [2.24, 2.45) is 0 Å². The first-order valence-electron chi connectivity index (χ1n) is 10.0. The van der Waals surface area contributed by atoms with Crippen LogP contribution in [0, 0.1) is 0 Å². The molecule has 4 nitrogen and oxygen atoms in total. The zero-order valence-electron chi connectivity index (χ0n) is 16.6. The number of nitrogens with zero attached hydrogens (tertiary/aromatic N) is 2. The van der Waals surface area contributed by atoms with Gasteiger partial charge in [-0.1, -0.05) is 42.5 Å². The molecule has 4 heteroatoms. The van der Waals surface area contributed by atoms with Crippen LogP contribution < -0.4 is 4.74 Å². The summed E-state index contributed by atoms with van der Waals surface area (Å²) in [5.74, 6) is 0.924. The summed E-state index contributed by atoms with van der Waals surface area (Å²) in [7, 11) is 2.07. The largest absolute Gasteiger partial charge is 0.494 e. The summed E-state index contributed by atoms with van der Waals surface area (Å²) in [5.41, 5.74) is 2.60. The van der Waals surface area contributed by atoms with E-state index in [1.165, 1.54) is 17.5 Å². The first-order valence-corrected chi connectivity index (χ1v) is 10.0. The number of hydrogen-bond acceptors (Lipinski definition) is 4. The highest BCUT2D eigenvalue weighted by Crippen LogP contribution is 2.32. The second-order valence-electron chi connectivity index (χ2n) is 7.49. The van der Waals surface area contributed by atoms with Crippen molar-refractivity contribution in [3.8, 4) is 5.75 Å². The molecule has 3 rings (SSSR count). The lowest BCUT2D eigenvalue weighted by Gasteiger charge is -2.29. The minimum absolute atomic E-state index is 0.345. The number of hydrogen-bond donors (Lipinski definition) is 1. The molecule has 0 bridgehead atoms. The number of ether oxygens (including phenoxy) is 1. The molecule has 2 aromatic rings. The molecule has 1 fully saturated rings. The highest BCUT2D eigenvalue weighted by Gasteiger charge is 2.27. The van der Waals surface area contributed by atoms with E-state index in [4.69, 9.17) is 4.74 Å². The molecule has 1 heterocycles. The van der Waals surface area contributed by atoms with Crippen LogP contribution in [0.5, 0.6) is 5.75 Å². The summed E-state index contributed by atoms with van der Waals surface area (Å²) in [6.07, 6.45) is 1.99. The molecule has 2 atom stereocenters. The molecule has 146 valence electrons. The maximum Gasteiger partial charge on any atom is 0.119 e. The minimum Gasteiger partial charge on any atom is -0.494 e. The van der Waals surface area contributed by atoms with Crippen molar-refractivity contribution in [2.75, 3.05) is 33.3 Å². The smallest absolute Gasteiger partial charge is 0.119 e. The van der Waals surface area contributed by atoms with Gasteiger partial charge in [-0.05, 0) is 56.6 Å². The number of aliphatic hydroxyl groups excluding tert-OH is 1. The maximum absolute atomic E-state index is 10.6. The molecule has 0 amide bonds. The molecule has 0 aromatic heterocycles. The van der Waals surface area contributed by atoms with Crippen LogP contribution in [0.1, 0.15) is 36.9 Å². The number of benzene rings is 2. The maximum atomic E-state index is 10.6. The van der Waals surface area contributed by atoms with E-state index in [0.29, 0.717) is 19.2 Å². The molecule has 0 aliphatic carbocycles. The van der Waals surface area contributed by atoms with Gasteiger partial charge in [-0.25, -0.2) is 0 Å². The number of β-amino-alcohol motifs (C(OH)–C–C–N with tert-alkyl or cyclic N) is 1. The van der Waals surface area contributed by atoms with E-state index < -0.39 is 0 Å². The Morgan fingerprint density at radius 1 is 1.15 bits per heavy atom. The van der Waals surface area contributed by atoms with E-state index in [0.717, 1.165) is 31.8 Å². The lowest BCUT2D eigenvalue weighted by Crippen LogP contribution is -2.38. The summed E-state index contributed by atoms with van der Waals surface area (Å²) in [6.45, 7) is 6.01. The average molecular weight is 369 g/mol. The Kier molecular flexibility index (Phi) is 7.27. The van der Waals surface area contributed by atoms with Crippen LogP contribution in [0.25, 0.3) is 0 Å². The van der Waals surface area contributed by atoms with Gasteiger partial charge in [0.25, 0.3) is 0 Å². The van der Waals surface area contributed by atoms with E-state index in [1.807, 2.05) is 13.0 Å². The number of aliphatic hydroxyl groups is 1. The standard InChI is InChI=1S/C23H32N2O2/c1-3-27-22-13-11-20(12-14-22)23-10-7-15-25(23)18-21(26)17-24(2)16-19-8-5-4-6-9-19/h4-6,8-9,11-14,21,23,26H,3,7,10,15-18H2,1-2H3. The Morgan fingerprint density at radius 2 is 1.89 bits per heavy atom. The first kappa shape index (κ1) is 19.9. The molecule has 1 aliphatic rings. The molecule has 1 saturated heterocycles. The van der Waals surface area contributed by atoms with Gasteiger partial charge in [0.2, 0.25) is 0 Å². The van der Waals surface area contributed by atoms with E-state index in [1.54, 1.807) is 0 Å². The number of likely N-dealkylation sites (N-methyl/N-ethyl adjacent to an activating group) is 1. The molecule has 2 aromatic carbocycles. The third kappa shape index (κ3) is 5.80. The Morgan fingerprint density at radius 3 is 2.59 bits per heavy atom. The topological polar surface area (TPSA) is 35.9 Å². The fourth-order valence-corrected chi connectivity index (χ4v) is 4.02. The summed E-state index contributed by atoms with van der Waals surface area (Å²) < 4.78 is 5.55. The molecule has 0 saturated carbocycles. The van der Waals surface area contributed by atoms with Crippen LogP contribution in [0.15, 0.2) is 54.6 Å². The molecule has 1 aliphatic heterocycles. The summed E-state index contributed by atoms with van der Waals surface area (Å²) >= 11 is 0. The van der Waals surface area contributed by atoms with Crippen LogP contribution in [0.3, 0.4) is 0 Å². The number of likely N-dealkylation sites (tertiary alicyclic amines) is 1. The fourth-order valence-electron chi connectivity index (χ4n) is 4.02. The summed E-state index contributed by atoms with van der Waals surface area (Å²) in [6, 6.07) is 19.3. The van der Waals surface area contributed by atoms with Gasteiger partial charge >= 0.3 is 0 Å². The Bertz CT molecular complexity index is 675. The van der Waals surface area contributed by atoms with Crippen molar-refractivity contribution in [3.63, 3.8) is 0 Å². The quantitative estimate of drug-likeness (QED) is 0.732. The zero-order valence-corrected chi connectivity index (χ0v) is 16.6. The summed E-state index contributed by atoms with van der Waals surface area (Å²) in [4.78, 5) is 4.62. The van der Waals surface area contributed by atoms with Gasteiger partial charge in [0, 0.05) is 25.7 Å². The van der Waals surface area contributed by atoms with Gasteiger partial charge in [-0.3, -0.25) is 9.80 Å². The molecule has 1 N–H and O–H groups in total. The van der Waals surface area contributed by atoms with E-state index in [9.17, 15) is 5.11 Å². The van der Waals surface area contributed by atoms with Crippen molar-refractivity contribution in [1.82, 2.24) is 9.80 Å². The van der Waals surface area contributed by atoms with Crippen molar-refractivity contribution < 1.29 is 9.84 Å². The molecule has 0 radical (unpaired) electrons. The van der Waals surface area contributed by atoms with Crippen molar-refractivity contribution in [2.45, 2.75) is 38.5 Å². The second-order valence-corrected chi connectivity index (χ2v) is 7.49. The normalized spacial score (nSPS) is 18.7. The van der Waals surface area contributed by atoms with Gasteiger partial charge in [0.15, 0.2) is 0 Å². The van der Waals surface area contributed by atoms with Crippen LogP contribution >= 0.6 is 0 Å². The Hall–Kier alpha value is -1.88. The van der Waals surface area contributed by atoms with E-state index in [2.05, 4.69) is 65.4 Å². The molecular weight excluding hydrogens is 336 g/mol. The second kappa shape index (κ2) is 9.88. The number of rotatable bonds is 9. The first-order chi connectivity index (χ1) is 13.2. The average Bonchev–Trinajstić information content (AvgIpc) is 3.11. The van der Waals surface area contributed by atoms with E-state index >= 15 is 0 Å². The third-order valence-electron chi connectivity index (χ3n) is 5.20. The molecule has 27 heavy (non-hydrogen) atoms. The Labute approximate surface area is 163 Å². The van der Waals surface area contributed by atoms with Crippen LogP contribution in [0.4, 0.5) is 0 Å². The molecule has 2 unspecified atom stereocenters.